The van der Waals surface area contributed by atoms with Gasteiger partial charge in [-0.2, -0.15) is 5.10 Å². The van der Waals surface area contributed by atoms with Crippen molar-refractivity contribution in [1.29, 1.82) is 0 Å². The molecular formula is C26H29N3O5. The molecule has 0 spiro atoms. The second-order valence-electron chi connectivity index (χ2n) is 8.00. The highest BCUT2D eigenvalue weighted by atomic mass is 16.5. The van der Waals surface area contributed by atoms with Crippen LogP contribution >= 0.6 is 0 Å². The molecule has 0 radical (unpaired) electrons. The van der Waals surface area contributed by atoms with Gasteiger partial charge in [-0.25, -0.2) is 9.48 Å². The summed E-state index contributed by atoms with van der Waals surface area (Å²) in [6.45, 7) is 3.91. The van der Waals surface area contributed by atoms with Crippen LogP contribution < -0.4 is 10.9 Å². The van der Waals surface area contributed by atoms with Gasteiger partial charge in [0.25, 0.3) is 5.56 Å². The van der Waals surface area contributed by atoms with E-state index in [1.54, 1.807) is 48.5 Å². The van der Waals surface area contributed by atoms with Gasteiger partial charge >= 0.3 is 5.97 Å². The number of anilines is 1. The number of carbonyl (C=O) groups excluding carboxylic acids is 3. The van der Waals surface area contributed by atoms with E-state index in [1.807, 2.05) is 6.92 Å². The second kappa shape index (κ2) is 11.9. The lowest BCUT2D eigenvalue weighted by Gasteiger charge is -2.11. The summed E-state index contributed by atoms with van der Waals surface area (Å²) < 4.78 is 6.56. The monoisotopic (exact) mass is 463 g/mol. The highest BCUT2D eigenvalue weighted by Crippen LogP contribution is 2.16. The molecule has 8 nitrogen and oxygen atoms in total. The van der Waals surface area contributed by atoms with E-state index in [1.165, 1.54) is 4.68 Å². The fourth-order valence-corrected chi connectivity index (χ4v) is 3.52. The maximum absolute atomic E-state index is 12.8. The van der Waals surface area contributed by atoms with Gasteiger partial charge in [0.2, 0.25) is 5.91 Å². The third-order valence-electron chi connectivity index (χ3n) is 5.34. The number of hydrogen-bond donors (Lipinski definition) is 1. The van der Waals surface area contributed by atoms with Crippen molar-refractivity contribution < 1.29 is 19.1 Å². The average molecular weight is 464 g/mol. The van der Waals surface area contributed by atoms with Gasteiger partial charge in [-0.3, -0.25) is 14.4 Å². The van der Waals surface area contributed by atoms with Crippen molar-refractivity contribution in [3.8, 4) is 0 Å². The standard InChI is InChI=1S/C26H29N3O5/c1-3-5-8-16-29-25(32)21-11-7-6-10-20(21)24(28-29)26(33)34-17-22(30)18-12-14-19(15-13-18)27-23(31)9-4-2/h6-7,10-15H,3-5,8-9,16-17H2,1-2H3,(H,27,31). The third-order valence-corrected chi connectivity index (χ3v) is 5.34. The van der Waals surface area contributed by atoms with E-state index in [4.69, 9.17) is 4.74 Å². The molecule has 1 aromatic heterocycles. The van der Waals surface area contributed by atoms with E-state index in [2.05, 4.69) is 17.3 Å². The number of aryl methyl sites for hydroxylation is 1. The Hall–Kier alpha value is -3.81. The van der Waals surface area contributed by atoms with Gasteiger partial charge in [0.15, 0.2) is 18.1 Å². The first-order valence-corrected chi connectivity index (χ1v) is 11.5. The van der Waals surface area contributed by atoms with Crippen molar-refractivity contribution in [3.63, 3.8) is 0 Å². The summed E-state index contributed by atoms with van der Waals surface area (Å²) in [4.78, 5) is 49.8. The van der Waals surface area contributed by atoms with E-state index in [0.717, 1.165) is 25.7 Å². The first-order chi connectivity index (χ1) is 16.4. The van der Waals surface area contributed by atoms with E-state index in [9.17, 15) is 19.2 Å². The van der Waals surface area contributed by atoms with Crippen LogP contribution in [0.4, 0.5) is 5.69 Å². The van der Waals surface area contributed by atoms with Crippen molar-refractivity contribution in [1.82, 2.24) is 9.78 Å². The van der Waals surface area contributed by atoms with E-state index in [0.29, 0.717) is 35.0 Å². The number of hydrogen-bond acceptors (Lipinski definition) is 6. The van der Waals surface area contributed by atoms with Crippen LogP contribution in [0.25, 0.3) is 10.8 Å². The molecule has 1 heterocycles. The number of nitrogens with zero attached hydrogens (tertiary/aromatic N) is 2. The normalized spacial score (nSPS) is 10.8. The Kier molecular flexibility index (Phi) is 8.67. The molecule has 3 aromatic rings. The predicted molar refractivity (Wildman–Crippen MR) is 130 cm³/mol. The van der Waals surface area contributed by atoms with E-state index >= 15 is 0 Å². The number of benzene rings is 2. The van der Waals surface area contributed by atoms with Crippen molar-refractivity contribution in [2.75, 3.05) is 11.9 Å². The number of aromatic nitrogens is 2. The Morgan fingerprint density at radius 2 is 1.65 bits per heavy atom. The molecule has 178 valence electrons. The molecule has 0 aliphatic carbocycles. The van der Waals surface area contributed by atoms with Gasteiger partial charge in [-0.15, -0.1) is 0 Å². The Bertz CT molecular complexity index is 1230. The minimum Gasteiger partial charge on any atom is -0.452 e. The number of nitrogens with one attached hydrogen (secondary N) is 1. The number of fused-ring (bicyclic) bond motifs is 1. The highest BCUT2D eigenvalue weighted by molar-refractivity contribution is 6.04. The van der Waals surface area contributed by atoms with E-state index < -0.39 is 12.6 Å². The molecule has 0 bridgehead atoms. The number of amides is 1. The molecule has 0 unspecified atom stereocenters. The van der Waals surface area contributed by atoms with Crippen molar-refractivity contribution in [2.45, 2.75) is 52.5 Å². The largest absolute Gasteiger partial charge is 0.452 e. The summed E-state index contributed by atoms with van der Waals surface area (Å²) in [6, 6.07) is 13.1. The maximum atomic E-state index is 12.8. The van der Waals surface area contributed by atoms with Crippen molar-refractivity contribution in [3.05, 3.63) is 70.1 Å². The quantitative estimate of drug-likeness (QED) is 0.257. The minimum atomic E-state index is -0.766. The van der Waals surface area contributed by atoms with Crippen LogP contribution in [0.5, 0.6) is 0 Å². The van der Waals surface area contributed by atoms with Crippen LogP contribution in [0.15, 0.2) is 53.3 Å². The molecule has 0 saturated heterocycles. The zero-order valence-electron chi connectivity index (χ0n) is 19.5. The molecule has 34 heavy (non-hydrogen) atoms. The Labute approximate surface area is 197 Å². The summed E-state index contributed by atoms with van der Waals surface area (Å²) >= 11 is 0. The predicted octanol–water partition coefficient (Wildman–Crippen LogP) is 4.37. The molecule has 2 aromatic carbocycles. The van der Waals surface area contributed by atoms with Crippen LogP contribution in [0, 0.1) is 0 Å². The molecule has 0 aliphatic rings. The summed E-state index contributed by atoms with van der Waals surface area (Å²) in [7, 11) is 0. The Balaban J connectivity index is 1.72. The molecule has 3 rings (SSSR count). The third kappa shape index (κ3) is 6.15. The molecule has 1 N–H and O–H groups in total. The lowest BCUT2D eigenvalue weighted by atomic mass is 10.1. The lowest BCUT2D eigenvalue weighted by Crippen LogP contribution is -2.27. The first-order valence-electron chi connectivity index (χ1n) is 11.5. The molecule has 1 amide bonds. The first kappa shape index (κ1) is 24.8. The molecule has 0 aliphatic heterocycles. The van der Waals surface area contributed by atoms with Gasteiger partial charge in [-0.1, -0.05) is 44.9 Å². The Morgan fingerprint density at radius 3 is 2.32 bits per heavy atom. The summed E-state index contributed by atoms with van der Waals surface area (Å²) in [5.74, 6) is -1.25. The molecular weight excluding hydrogens is 434 g/mol. The SMILES string of the molecule is CCCCCn1nc(C(=O)OCC(=O)c2ccc(NC(=O)CCC)cc2)c2ccccc2c1=O. The van der Waals surface area contributed by atoms with Gasteiger partial charge in [0, 0.05) is 29.6 Å². The van der Waals surface area contributed by atoms with Crippen LogP contribution in [-0.4, -0.2) is 34.0 Å². The summed E-state index contributed by atoms with van der Waals surface area (Å²) in [5, 5.41) is 7.78. The second-order valence-corrected chi connectivity index (χ2v) is 8.00. The van der Waals surface area contributed by atoms with Gasteiger partial charge in [0.05, 0.1) is 5.39 Å². The number of Topliss-reactive ketones (excluding diaryl/α,β-unsaturated/α-hetero) is 1. The molecule has 0 fully saturated rings. The molecule has 0 saturated carbocycles. The smallest absolute Gasteiger partial charge is 0.359 e. The minimum absolute atomic E-state index is 0.00785. The highest BCUT2D eigenvalue weighted by Gasteiger charge is 2.19. The van der Waals surface area contributed by atoms with Gasteiger partial charge in [0.1, 0.15) is 0 Å². The van der Waals surface area contributed by atoms with Crippen molar-refractivity contribution >= 4 is 34.1 Å². The summed E-state index contributed by atoms with van der Waals surface area (Å²) in [6.07, 6.45) is 3.87. The maximum Gasteiger partial charge on any atom is 0.359 e. The fourth-order valence-electron chi connectivity index (χ4n) is 3.52. The number of unbranched alkanes of at least 4 members (excludes halogenated alkanes) is 2. The van der Waals surface area contributed by atoms with Crippen LogP contribution in [0.2, 0.25) is 0 Å². The van der Waals surface area contributed by atoms with Gasteiger partial charge in [-0.05, 0) is 43.2 Å². The fraction of sp³-hybridized carbons (Fsp3) is 0.346. The topological polar surface area (TPSA) is 107 Å². The lowest BCUT2D eigenvalue weighted by molar-refractivity contribution is -0.116. The average Bonchev–Trinajstić information content (AvgIpc) is 2.84. The van der Waals surface area contributed by atoms with E-state index in [-0.39, 0.29) is 22.9 Å². The van der Waals surface area contributed by atoms with Crippen molar-refractivity contribution in [2.24, 2.45) is 0 Å². The van der Waals surface area contributed by atoms with Gasteiger partial charge < -0.3 is 10.1 Å². The summed E-state index contributed by atoms with van der Waals surface area (Å²) in [5.41, 5.74) is 0.690. The van der Waals surface area contributed by atoms with Crippen LogP contribution in [0.1, 0.15) is 66.8 Å². The number of ether oxygens (including phenoxy) is 1. The van der Waals surface area contributed by atoms with Crippen LogP contribution in [0.3, 0.4) is 0 Å². The number of rotatable bonds is 11. The van der Waals surface area contributed by atoms with Crippen LogP contribution in [-0.2, 0) is 16.1 Å². The zero-order valence-corrected chi connectivity index (χ0v) is 19.5. The molecule has 0 atom stereocenters. The Morgan fingerprint density at radius 1 is 0.941 bits per heavy atom. The number of ketones is 1. The number of esters is 1. The zero-order chi connectivity index (χ0) is 24.5. The number of carbonyl (C=O) groups is 3. The molecule has 8 heteroatoms.